The van der Waals surface area contributed by atoms with Crippen LogP contribution >= 0.6 is 0 Å². The Hall–Kier alpha value is -1.35. The zero-order valence-corrected chi connectivity index (χ0v) is 12.4. The molecule has 0 aliphatic carbocycles. The lowest BCUT2D eigenvalue weighted by Gasteiger charge is -2.18. The molecule has 1 aromatic carbocycles. The van der Waals surface area contributed by atoms with E-state index in [0.29, 0.717) is 5.88 Å². The number of nitrogens with zero attached hydrogens (tertiary/aromatic N) is 1. The summed E-state index contributed by atoms with van der Waals surface area (Å²) in [6.07, 6.45) is 1.82. The van der Waals surface area contributed by atoms with E-state index in [2.05, 4.69) is 51.1 Å². The van der Waals surface area contributed by atoms with Gasteiger partial charge in [-0.1, -0.05) is 18.2 Å². The maximum absolute atomic E-state index is 5.68. The summed E-state index contributed by atoms with van der Waals surface area (Å²) in [4.78, 5) is 4.27. The van der Waals surface area contributed by atoms with E-state index in [4.69, 9.17) is 4.43 Å². The minimum Gasteiger partial charge on any atom is -0.532 e. The normalized spacial score (nSPS) is 11.8. The van der Waals surface area contributed by atoms with Gasteiger partial charge in [-0.3, -0.25) is 0 Å². The van der Waals surface area contributed by atoms with Crippen molar-refractivity contribution in [3.8, 4) is 0 Å². The smallest absolute Gasteiger partial charge is 0.244 e. The molecule has 0 aromatic heterocycles. The lowest BCUT2D eigenvalue weighted by molar-refractivity contribution is 0.421. The molecule has 1 aromatic rings. The molecule has 2 nitrogen and oxygen atoms in total. The van der Waals surface area contributed by atoms with E-state index in [1.54, 1.807) is 0 Å². The van der Waals surface area contributed by atoms with Gasteiger partial charge in [0.05, 0.1) is 0 Å². The largest absolute Gasteiger partial charge is 0.532 e. The van der Waals surface area contributed by atoms with Gasteiger partial charge in [0, 0.05) is 6.21 Å². The first-order valence-corrected chi connectivity index (χ1v) is 9.18. The summed E-state index contributed by atoms with van der Waals surface area (Å²) in [6.45, 7) is 14.4. The monoisotopic (exact) mass is 247 g/mol. The van der Waals surface area contributed by atoms with Gasteiger partial charge >= 0.3 is 0 Å². The molecule has 1 rings (SSSR count). The maximum Gasteiger partial charge on any atom is 0.244 e. The molecule has 92 valence electrons. The molecule has 0 aliphatic rings. The minimum absolute atomic E-state index is 0.505. The number of rotatable bonds is 4. The van der Waals surface area contributed by atoms with E-state index in [0.717, 1.165) is 5.56 Å². The Labute approximate surface area is 105 Å². The van der Waals surface area contributed by atoms with Gasteiger partial charge in [-0.25, -0.2) is 4.99 Å². The van der Waals surface area contributed by atoms with Crippen molar-refractivity contribution in [2.45, 2.75) is 33.5 Å². The summed E-state index contributed by atoms with van der Waals surface area (Å²) in [5.41, 5.74) is 3.63. The predicted octanol–water partition coefficient (Wildman–Crippen LogP) is 4.05. The average Bonchev–Trinajstić information content (AvgIpc) is 2.18. The molecule has 0 heterocycles. The summed E-state index contributed by atoms with van der Waals surface area (Å²) in [5.74, 6) is 0.505. The Balaban J connectivity index is 2.78. The highest BCUT2D eigenvalue weighted by Gasteiger charge is 2.16. The second-order valence-electron chi connectivity index (χ2n) is 5.16. The summed E-state index contributed by atoms with van der Waals surface area (Å²) in [5, 5.41) is 0. The Morgan fingerprint density at radius 3 is 2.53 bits per heavy atom. The van der Waals surface area contributed by atoms with Crippen LogP contribution in [0.2, 0.25) is 19.6 Å². The fourth-order valence-corrected chi connectivity index (χ4v) is 2.19. The van der Waals surface area contributed by atoms with Crippen LogP contribution in [0.15, 0.2) is 35.7 Å². The molecule has 0 fully saturated rings. The summed E-state index contributed by atoms with van der Waals surface area (Å²) in [6, 6.07) is 6.18. The predicted molar refractivity (Wildman–Crippen MR) is 77.1 cm³/mol. The lowest BCUT2D eigenvalue weighted by atomic mass is 10.0. The van der Waals surface area contributed by atoms with Gasteiger partial charge in [-0.05, 0) is 56.8 Å². The summed E-state index contributed by atoms with van der Waals surface area (Å²) < 4.78 is 5.68. The van der Waals surface area contributed by atoms with Crippen molar-refractivity contribution in [1.29, 1.82) is 0 Å². The molecule has 0 saturated carbocycles. The molecule has 0 unspecified atom stereocenters. The highest BCUT2D eigenvalue weighted by Crippen LogP contribution is 2.13. The molecule has 0 spiro atoms. The zero-order chi connectivity index (χ0) is 13.1. The minimum atomic E-state index is -1.60. The maximum atomic E-state index is 5.68. The topological polar surface area (TPSA) is 21.6 Å². The molecule has 0 atom stereocenters. The van der Waals surface area contributed by atoms with Gasteiger partial charge in [0.15, 0.2) is 5.88 Å². The van der Waals surface area contributed by atoms with Crippen molar-refractivity contribution < 1.29 is 4.43 Å². The van der Waals surface area contributed by atoms with Gasteiger partial charge in [0.25, 0.3) is 0 Å². The van der Waals surface area contributed by atoms with Crippen molar-refractivity contribution in [2.75, 3.05) is 0 Å². The van der Waals surface area contributed by atoms with Crippen LogP contribution in [-0.2, 0) is 4.43 Å². The van der Waals surface area contributed by atoms with Gasteiger partial charge < -0.3 is 4.43 Å². The first-order valence-electron chi connectivity index (χ1n) is 5.78. The van der Waals surface area contributed by atoms with E-state index >= 15 is 0 Å². The third-order valence-electron chi connectivity index (χ3n) is 2.42. The van der Waals surface area contributed by atoms with Crippen molar-refractivity contribution in [3.63, 3.8) is 0 Å². The van der Waals surface area contributed by atoms with E-state index in [1.165, 1.54) is 11.1 Å². The van der Waals surface area contributed by atoms with Crippen LogP contribution in [-0.4, -0.2) is 14.5 Å². The van der Waals surface area contributed by atoms with Gasteiger partial charge in [-0.2, -0.15) is 0 Å². The second kappa shape index (κ2) is 5.32. The van der Waals surface area contributed by atoms with Crippen LogP contribution in [0.3, 0.4) is 0 Å². The van der Waals surface area contributed by atoms with Crippen molar-refractivity contribution >= 4 is 14.5 Å². The van der Waals surface area contributed by atoms with Crippen LogP contribution in [0.5, 0.6) is 0 Å². The molecule has 0 radical (unpaired) electrons. The van der Waals surface area contributed by atoms with Crippen LogP contribution in [0.1, 0.15) is 16.7 Å². The molecule has 17 heavy (non-hydrogen) atoms. The second-order valence-corrected chi connectivity index (χ2v) is 9.58. The Morgan fingerprint density at radius 2 is 1.94 bits per heavy atom. The van der Waals surface area contributed by atoms with Crippen molar-refractivity contribution in [3.05, 3.63) is 47.4 Å². The first-order chi connectivity index (χ1) is 7.79. The molecule has 3 heteroatoms. The van der Waals surface area contributed by atoms with Gasteiger partial charge in [0.2, 0.25) is 8.32 Å². The van der Waals surface area contributed by atoms with Gasteiger partial charge in [-0.15, -0.1) is 0 Å². The first kappa shape index (κ1) is 13.7. The van der Waals surface area contributed by atoms with Crippen molar-refractivity contribution in [2.24, 2.45) is 4.99 Å². The lowest BCUT2D eigenvalue weighted by Crippen LogP contribution is -2.24. The van der Waals surface area contributed by atoms with E-state index in [9.17, 15) is 0 Å². The van der Waals surface area contributed by atoms with Crippen LogP contribution in [0.4, 0.5) is 0 Å². The fraction of sp³-hybridized carbons (Fsp3) is 0.357. The molecule has 0 amide bonds. The molecule has 0 N–H and O–H groups in total. The third kappa shape index (κ3) is 4.57. The van der Waals surface area contributed by atoms with Crippen LogP contribution < -0.4 is 0 Å². The summed E-state index contributed by atoms with van der Waals surface area (Å²) >= 11 is 0. The number of benzene rings is 1. The molecule has 0 saturated heterocycles. The van der Waals surface area contributed by atoms with E-state index in [1.807, 2.05) is 18.3 Å². The van der Waals surface area contributed by atoms with Crippen LogP contribution in [0, 0.1) is 13.8 Å². The van der Waals surface area contributed by atoms with Gasteiger partial charge in [0.1, 0.15) is 0 Å². The highest BCUT2D eigenvalue weighted by atomic mass is 28.4. The van der Waals surface area contributed by atoms with E-state index < -0.39 is 8.32 Å². The number of hydrogen-bond acceptors (Lipinski definition) is 2. The molecule has 0 aliphatic heterocycles. The van der Waals surface area contributed by atoms with Crippen LogP contribution in [0.25, 0.3) is 0 Å². The number of aliphatic imine (C=N–C) groups is 1. The average molecular weight is 247 g/mol. The Kier molecular flexibility index (Phi) is 4.29. The summed E-state index contributed by atoms with van der Waals surface area (Å²) in [7, 11) is -1.60. The number of hydrogen-bond donors (Lipinski definition) is 0. The zero-order valence-electron chi connectivity index (χ0n) is 11.4. The van der Waals surface area contributed by atoms with E-state index in [-0.39, 0.29) is 0 Å². The Morgan fingerprint density at radius 1 is 1.29 bits per heavy atom. The molecule has 0 bridgehead atoms. The molecular formula is C14H21NOSi. The Bertz CT molecular complexity index is 444. The van der Waals surface area contributed by atoms with Crippen molar-refractivity contribution in [1.82, 2.24) is 0 Å². The molecular weight excluding hydrogens is 226 g/mol. The highest BCUT2D eigenvalue weighted by molar-refractivity contribution is 6.70. The fourth-order valence-electron chi connectivity index (χ4n) is 1.43. The SMILES string of the molecule is C=C(/N=C/c1cccc(C)c1C)O[Si](C)(C)C. The third-order valence-corrected chi connectivity index (χ3v) is 3.27. The quantitative estimate of drug-likeness (QED) is 0.447. The standard InChI is InChI=1S/C14H21NOSi/c1-11-8-7-9-14(12(11)2)10-15-13(3)16-17(4,5)6/h7-10H,3H2,1-2,4-6H3/b15-10+. The number of aryl methyl sites for hydroxylation is 1.